The number of allylic oxidation sites excluding steroid dienone is 1. The number of ether oxygens (including phenoxy) is 1. The van der Waals surface area contributed by atoms with Crippen molar-refractivity contribution in [3.8, 4) is 0 Å². The molecule has 4 rings (SSSR count). The van der Waals surface area contributed by atoms with Gasteiger partial charge in [-0.25, -0.2) is 4.79 Å². The summed E-state index contributed by atoms with van der Waals surface area (Å²) in [5.41, 5.74) is 2.02. The third kappa shape index (κ3) is 3.23. The molecular weight excluding hydrogens is 372 g/mol. The van der Waals surface area contributed by atoms with Crippen molar-refractivity contribution in [1.82, 2.24) is 0 Å². The lowest BCUT2D eigenvalue weighted by Crippen LogP contribution is -2.43. The van der Waals surface area contributed by atoms with Gasteiger partial charge in [-0.15, -0.1) is 23.5 Å². The molecule has 2 aromatic rings. The maximum Gasteiger partial charge on any atom is 0.338 e. The molecule has 2 aliphatic heterocycles. The molecule has 1 fully saturated rings. The fourth-order valence-corrected chi connectivity index (χ4v) is 6.59. The van der Waals surface area contributed by atoms with Gasteiger partial charge >= 0.3 is 5.97 Å². The SMILES string of the molecule is O=C1OC(c2ccccc2)=CC(c2ccc(Cl)cc2)C12SCCCS2. The highest BCUT2D eigenvalue weighted by molar-refractivity contribution is 8.20. The first-order chi connectivity index (χ1) is 12.2. The van der Waals surface area contributed by atoms with Crippen LogP contribution in [0, 0.1) is 0 Å². The highest BCUT2D eigenvalue weighted by atomic mass is 35.5. The molecule has 5 heteroatoms. The zero-order chi connectivity index (χ0) is 17.3. The van der Waals surface area contributed by atoms with E-state index in [-0.39, 0.29) is 11.9 Å². The number of carbonyl (C=O) groups is 1. The van der Waals surface area contributed by atoms with Gasteiger partial charge in [0, 0.05) is 16.5 Å². The zero-order valence-corrected chi connectivity index (χ0v) is 15.9. The van der Waals surface area contributed by atoms with Gasteiger partial charge in [-0.1, -0.05) is 54.1 Å². The number of cyclic esters (lactones) is 1. The Morgan fingerprint density at radius 2 is 1.68 bits per heavy atom. The van der Waals surface area contributed by atoms with E-state index in [1.165, 1.54) is 0 Å². The number of hydrogen-bond donors (Lipinski definition) is 0. The van der Waals surface area contributed by atoms with Gasteiger partial charge in [0.1, 0.15) is 5.76 Å². The van der Waals surface area contributed by atoms with E-state index in [0.29, 0.717) is 10.8 Å². The molecule has 2 aromatic carbocycles. The molecule has 0 bridgehead atoms. The molecule has 2 nitrogen and oxygen atoms in total. The Hall–Kier alpha value is -1.36. The predicted octanol–water partition coefficient (Wildman–Crippen LogP) is 5.59. The van der Waals surface area contributed by atoms with Crippen LogP contribution in [0.2, 0.25) is 5.02 Å². The summed E-state index contributed by atoms with van der Waals surface area (Å²) in [6, 6.07) is 17.6. The molecule has 1 saturated heterocycles. The maximum atomic E-state index is 13.1. The highest BCUT2D eigenvalue weighted by Gasteiger charge is 2.52. The highest BCUT2D eigenvalue weighted by Crippen LogP contribution is 2.55. The van der Waals surface area contributed by atoms with E-state index < -0.39 is 4.08 Å². The van der Waals surface area contributed by atoms with E-state index in [4.69, 9.17) is 16.3 Å². The second kappa shape index (κ2) is 7.10. The van der Waals surface area contributed by atoms with Crippen molar-refractivity contribution in [3.63, 3.8) is 0 Å². The minimum atomic E-state index is -0.607. The first-order valence-corrected chi connectivity index (χ1v) is 10.6. The van der Waals surface area contributed by atoms with Crippen LogP contribution >= 0.6 is 35.1 Å². The van der Waals surface area contributed by atoms with Crippen molar-refractivity contribution in [1.29, 1.82) is 0 Å². The summed E-state index contributed by atoms with van der Waals surface area (Å²) in [5.74, 6) is 2.39. The molecule has 1 atom stereocenters. The molecule has 0 aliphatic carbocycles. The molecule has 128 valence electrons. The van der Waals surface area contributed by atoms with Gasteiger partial charge in [-0.05, 0) is 41.7 Å². The van der Waals surface area contributed by atoms with E-state index in [9.17, 15) is 4.79 Å². The summed E-state index contributed by atoms with van der Waals surface area (Å²) in [6.07, 6.45) is 3.22. The van der Waals surface area contributed by atoms with Gasteiger partial charge in [-0.3, -0.25) is 0 Å². The van der Waals surface area contributed by atoms with Crippen LogP contribution < -0.4 is 0 Å². The van der Waals surface area contributed by atoms with Crippen molar-refractivity contribution < 1.29 is 9.53 Å². The molecule has 2 aliphatic rings. The summed E-state index contributed by atoms with van der Waals surface area (Å²) in [6.45, 7) is 0. The normalized spacial score (nSPS) is 22.4. The summed E-state index contributed by atoms with van der Waals surface area (Å²) < 4.78 is 5.19. The summed E-state index contributed by atoms with van der Waals surface area (Å²) in [7, 11) is 0. The Kier molecular flexibility index (Phi) is 4.85. The second-order valence-corrected chi connectivity index (χ2v) is 9.41. The Bertz CT molecular complexity index is 796. The molecule has 1 unspecified atom stereocenters. The van der Waals surface area contributed by atoms with Crippen LogP contribution in [-0.2, 0) is 9.53 Å². The fourth-order valence-electron chi connectivity index (χ4n) is 3.18. The average molecular weight is 389 g/mol. The van der Waals surface area contributed by atoms with E-state index in [2.05, 4.69) is 6.08 Å². The molecule has 2 heterocycles. The molecule has 0 aromatic heterocycles. The minimum absolute atomic E-state index is 0.0449. The molecular formula is C20H17ClO2S2. The number of halogens is 1. The van der Waals surface area contributed by atoms with Crippen molar-refractivity contribution in [2.75, 3.05) is 11.5 Å². The Morgan fingerprint density at radius 1 is 1.00 bits per heavy atom. The first-order valence-electron chi connectivity index (χ1n) is 8.22. The van der Waals surface area contributed by atoms with Gasteiger partial charge in [0.05, 0.1) is 0 Å². The van der Waals surface area contributed by atoms with E-state index >= 15 is 0 Å². The van der Waals surface area contributed by atoms with Crippen LogP contribution in [-0.4, -0.2) is 21.6 Å². The Balaban J connectivity index is 1.82. The monoisotopic (exact) mass is 388 g/mol. The molecule has 0 amide bonds. The van der Waals surface area contributed by atoms with Gasteiger partial charge in [0.25, 0.3) is 0 Å². The molecule has 0 radical (unpaired) electrons. The Morgan fingerprint density at radius 3 is 2.36 bits per heavy atom. The molecule has 0 N–H and O–H groups in total. The van der Waals surface area contributed by atoms with Gasteiger partial charge in [-0.2, -0.15) is 0 Å². The number of thioether (sulfide) groups is 2. The second-order valence-electron chi connectivity index (χ2n) is 6.03. The van der Waals surface area contributed by atoms with Gasteiger partial charge < -0.3 is 4.74 Å². The maximum absolute atomic E-state index is 13.1. The van der Waals surface area contributed by atoms with E-state index in [0.717, 1.165) is 29.1 Å². The number of benzene rings is 2. The smallest absolute Gasteiger partial charge is 0.338 e. The number of carbonyl (C=O) groups excluding carboxylic acids is 1. The van der Waals surface area contributed by atoms with E-state index in [1.54, 1.807) is 23.5 Å². The molecule has 25 heavy (non-hydrogen) atoms. The third-order valence-electron chi connectivity index (χ3n) is 4.42. The standard InChI is InChI=1S/C20H17ClO2S2/c21-16-9-7-14(8-10-16)17-13-18(15-5-2-1-3-6-15)23-19(22)20(17)24-11-4-12-25-20/h1-3,5-10,13,17H,4,11-12H2. The van der Waals surface area contributed by atoms with Crippen LogP contribution in [0.25, 0.3) is 5.76 Å². The van der Waals surface area contributed by atoms with Crippen molar-refractivity contribution >= 4 is 46.9 Å². The van der Waals surface area contributed by atoms with Crippen LogP contribution in [0.3, 0.4) is 0 Å². The first kappa shape index (κ1) is 17.1. The number of esters is 1. The van der Waals surface area contributed by atoms with E-state index in [1.807, 2.05) is 54.6 Å². The van der Waals surface area contributed by atoms with Gasteiger partial charge in [0.15, 0.2) is 4.08 Å². The predicted molar refractivity (Wildman–Crippen MR) is 107 cm³/mol. The van der Waals surface area contributed by atoms with Crippen molar-refractivity contribution in [2.24, 2.45) is 0 Å². The lowest BCUT2D eigenvalue weighted by atomic mass is 9.91. The average Bonchev–Trinajstić information content (AvgIpc) is 2.66. The minimum Gasteiger partial charge on any atom is -0.425 e. The summed E-state index contributed by atoms with van der Waals surface area (Å²) in [5, 5.41) is 0.701. The fraction of sp³-hybridized carbons (Fsp3) is 0.250. The Labute approximate surface area is 161 Å². The lowest BCUT2D eigenvalue weighted by Gasteiger charge is -2.41. The van der Waals surface area contributed by atoms with Crippen LogP contribution in [0.5, 0.6) is 0 Å². The molecule has 1 spiro atoms. The lowest BCUT2D eigenvalue weighted by molar-refractivity contribution is -0.138. The van der Waals surface area contributed by atoms with Crippen molar-refractivity contribution in [3.05, 3.63) is 76.8 Å². The van der Waals surface area contributed by atoms with Crippen molar-refractivity contribution in [2.45, 2.75) is 16.4 Å². The van der Waals surface area contributed by atoms with Crippen LogP contribution in [0.4, 0.5) is 0 Å². The summed E-state index contributed by atoms with van der Waals surface area (Å²) in [4.78, 5) is 13.1. The van der Waals surface area contributed by atoms with Crippen LogP contribution in [0.15, 0.2) is 60.7 Å². The zero-order valence-electron chi connectivity index (χ0n) is 13.5. The number of hydrogen-bond acceptors (Lipinski definition) is 4. The largest absolute Gasteiger partial charge is 0.425 e. The van der Waals surface area contributed by atoms with Crippen LogP contribution in [0.1, 0.15) is 23.5 Å². The van der Waals surface area contributed by atoms with Gasteiger partial charge in [0.2, 0.25) is 0 Å². The third-order valence-corrected chi connectivity index (χ3v) is 8.07. The summed E-state index contributed by atoms with van der Waals surface area (Å²) >= 11 is 9.48. The number of rotatable bonds is 2. The topological polar surface area (TPSA) is 26.3 Å². The molecule has 0 saturated carbocycles. The quantitative estimate of drug-likeness (QED) is 0.626.